The van der Waals surface area contributed by atoms with Crippen molar-refractivity contribution in [1.82, 2.24) is 9.97 Å². The second-order valence-electron chi connectivity index (χ2n) is 5.67. The van der Waals surface area contributed by atoms with E-state index in [9.17, 15) is 0 Å². The molecule has 2 heterocycles. The van der Waals surface area contributed by atoms with Gasteiger partial charge < -0.3 is 10.5 Å². The molecular weight excluding hydrogens is 330 g/mol. The summed E-state index contributed by atoms with van der Waals surface area (Å²) in [5.74, 6) is 1.44. The van der Waals surface area contributed by atoms with Crippen molar-refractivity contribution in [2.24, 2.45) is 0 Å². The molecule has 0 bridgehead atoms. The number of rotatable bonds is 2. The van der Waals surface area contributed by atoms with Gasteiger partial charge in [0, 0.05) is 5.25 Å². The van der Waals surface area contributed by atoms with E-state index in [1.54, 1.807) is 18.9 Å². The van der Waals surface area contributed by atoms with E-state index in [4.69, 9.17) is 22.1 Å². The molecule has 0 radical (unpaired) electrons. The van der Waals surface area contributed by atoms with E-state index in [1.165, 1.54) is 17.5 Å². The summed E-state index contributed by atoms with van der Waals surface area (Å²) in [6.45, 7) is 0. The van der Waals surface area contributed by atoms with E-state index >= 15 is 0 Å². The summed E-state index contributed by atoms with van der Waals surface area (Å²) in [5, 5.41) is 0.319. The lowest BCUT2D eigenvalue weighted by Crippen LogP contribution is -2.15. The number of aromatic nitrogens is 2. The molecule has 1 aromatic heterocycles. The highest BCUT2D eigenvalue weighted by molar-refractivity contribution is 8.01. The fraction of sp³-hybridized carbons (Fsp3) is 0.294. The van der Waals surface area contributed by atoms with Crippen LogP contribution in [0.5, 0.6) is 0 Å². The molecule has 2 atom stereocenters. The smallest absolute Gasteiger partial charge is 0.141 e. The van der Waals surface area contributed by atoms with E-state index in [0.717, 1.165) is 34.8 Å². The predicted molar refractivity (Wildman–Crippen MR) is 94.2 cm³/mol. The third kappa shape index (κ3) is 2.48. The van der Waals surface area contributed by atoms with Crippen molar-refractivity contribution in [1.29, 1.82) is 0 Å². The minimum Gasteiger partial charge on any atom is -0.497 e. The average molecular weight is 346 g/mol. The van der Waals surface area contributed by atoms with E-state index in [2.05, 4.69) is 22.1 Å². The van der Waals surface area contributed by atoms with Gasteiger partial charge in [-0.25, -0.2) is 9.97 Å². The zero-order valence-corrected chi connectivity index (χ0v) is 14.2. The number of thioether (sulfide) groups is 1. The molecule has 118 valence electrons. The van der Waals surface area contributed by atoms with Gasteiger partial charge >= 0.3 is 0 Å². The average Bonchev–Trinajstić information content (AvgIpc) is 2.95. The first kappa shape index (κ1) is 14.8. The highest BCUT2D eigenvalue weighted by atomic mass is 35.5. The molecule has 23 heavy (non-hydrogen) atoms. The lowest BCUT2D eigenvalue weighted by atomic mass is 9.87. The van der Waals surface area contributed by atoms with E-state index < -0.39 is 0 Å². The molecule has 2 aliphatic carbocycles. The molecule has 0 saturated carbocycles. The summed E-state index contributed by atoms with van der Waals surface area (Å²) in [4.78, 5) is 9.49. The first-order valence-electron chi connectivity index (χ1n) is 7.46. The molecule has 2 unspecified atom stereocenters. The summed E-state index contributed by atoms with van der Waals surface area (Å²) >= 11 is 8.26. The summed E-state index contributed by atoms with van der Waals surface area (Å²) in [5.41, 5.74) is 10.6. The van der Waals surface area contributed by atoms with Crippen molar-refractivity contribution in [2.75, 3.05) is 12.8 Å². The molecule has 3 aliphatic rings. The van der Waals surface area contributed by atoms with Crippen LogP contribution in [-0.4, -0.2) is 27.7 Å². The van der Waals surface area contributed by atoms with Crippen LogP contribution in [0.2, 0.25) is 0 Å². The molecule has 4 rings (SSSR count). The van der Waals surface area contributed by atoms with Gasteiger partial charge in [-0.05, 0) is 41.7 Å². The van der Waals surface area contributed by atoms with Crippen molar-refractivity contribution in [2.45, 2.75) is 28.4 Å². The van der Waals surface area contributed by atoms with Gasteiger partial charge in [0.1, 0.15) is 17.9 Å². The Bertz CT molecular complexity index is 797. The van der Waals surface area contributed by atoms with Crippen LogP contribution in [0.1, 0.15) is 18.5 Å². The first-order chi connectivity index (χ1) is 11.2. The molecule has 6 heteroatoms. The predicted octanol–water partition coefficient (Wildman–Crippen LogP) is 3.71. The first-order valence-corrected chi connectivity index (χ1v) is 8.77. The summed E-state index contributed by atoms with van der Waals surface area (Å²) in [6, 6.07) is 0. The Morgan fingerprint density at radius 1 is 1.30 bits per heavy atom. The van der Waals surface area contributed by atoms with Gasteiger partial charge in [0.15, 0.2) is 0 Å². The summed E-state index contributed by atoms with van der Waals surface area (Å²) in [6.07, 6.45) is 11.6. The fourth-order valence-electron chi connectivity index (χ4n) is 3.16. The molecule has 1 aromatic rings. The third-order valence-corrected chi connectivity index (χ3v) is 6.11. The zero-order valence-electron chi connectivity index (χ0n) is 12.6. The monoisotopic (exact) mass is 345 g/mol. The number of allylic oxidation sites excluding steroid dienone is 6. The molecule has 0 saturated heterocycles. The maximum atomic E-state index is 6.52. The number of nitrogen functional groups attached to an aromatic ring is 1. The standard InChI is InChI=1S/C17H16ClN3OS/c1-22-10-3-5-13(18)12(7-10)9-2-4-11-14(6-9)23-16-15(11)20-8-21-17(16)19/h2-4,7-8,13-14H,5-6H2,1H3,(H2,19,20,21). The molecule has 1 aliphatic heterocycles. The van der Waals surface area contributed by atoms with Gasteiger partial charge in [0.05, 0.1) is 23.1 Å². The number of methoxy groups -OCH3 is 1. The van der Waals surface area contributed by atoms with Crippen LogP contribution in [0.25, 0.3) is 5.57 Å². The van der Waals surface area contributed by atoms with Gasteiger partial charge in [0.25, 0.3) is 0 Å². The number of hydrogen-bond acceptors (Lipinski definition) is 5. The van der Waals surface area contributed by atoms with Crippen LogP contribution in [0.4, 0.5) is 5.82 Å². The normalized spacial score (nSPS) is 25.7. The second-order valence-corrected chi connectivity index (χ2v) is 7.41. The van der Waals surface area contributed by atoms with Crippen LogP contribution in [0.3, 0.4) is 0 Å². The van der Waals surface area contributed by atoms with Crippen LogP contribution < -0.4 is 5.73 Å². The summed E-state index contributed by atoms with van der Waals surface area (Å²) < 4.78 is 5.36. The van der Waals surface area contributed by atoms with Gasteiger partial charge in [-0.3, -0.25) is 0 Å². The Morgan fingerprint density at radius 2 is 2.17 bits per heavy atom. The molecule has 2 N–H and O–H groups in total. The fourth-order valence-corrected chi connectivity index (χ4v) is 4.78. The highest BCUT2D eigenvalue weighted by Gasteiger charge is 2.34. The number of fused-ring (bicyclic) bond motifs is 3. The van der Waals surface area contributed by atoms with E-state index in [-0.39, 0.29) is 5.38 Å². The van der Waals surface area contributed by atoms with Crippen molar-refractivity contribution in [3.05, 3.63) is 53.2 Å². The van der Waals surface area contributed by atoms with Crippen molar-refractivity contribution in [3.8, 4) is 0 Å². The van der Waals surface area contributed by atoms with Gasteiger partial charge in [-0.1, -0.05) is 12.2 Å². The molecule has 0 fully saturated rings. The maximum Gasteiger partial charge on any atom is 0.141 e. The quantitative estimate of drug-likeness (QED) is 0.828. The van der Waals surface area contributed by atoms with Crippen LogP contribution in [-0.2, 0) is 4.74 Å². The van der Waals surface area contributed by atoms with Crippen LogP contribution in [0.15, 0.2) is 52.4 Å². The molecule has 0 amide bonds. The molecule has 4 nitrogen and oxygen atoms in total. The highest BCUT2D eigenvalue weighted by Crippen LogP contribution is 2.50. The lowest BCUT2D eigenvalue weighted by Gasteiger charge is -2.25. The number of alkyl halides is 1. The molecular formula is C17H16ClN3OS. The Kier molecular flexibility index (Phi) is 3.70. The number of anilines is 1. The van der Waals surface area contributed by atoms with Gasteiger partial charge in [0.2, 0.25) is 0 Å². The molecule has 0 aromatic carbocycles. The Morgan fingerprint density at radius 3 is 3.00 bits per heavy atom. The van der Waals surface area contributed by atoms with Crippen molar-refractivity contribution < 1.29 is 4.74 Å². The maximum absolute atomic E-state index is 6.52. The van der Waals surface area contributed by atoms with Gasteiger partial charge in [-0.2, -0.15) is 0 Å². The van der Waals surface area contributed by atoms with E-state index in [1.807, 2.05) is 12.2 Å². The zero-order chi connectivity index (χ0) is 16.0. The third-order valence-electron chi connectivity index (χ3n) is 4.35. The number of halogens is 1. The Hall–Kier alpha value is -1.72. The number of nitrogens with two attached hydrogens (primary N) is 1. The van der Waals surface area contributed by atoms with Crippen LogP contribution >= 0.6 is 23.4 Å². The van der Waals surface area contributed by atoms with Gasteiger partial charge in [-0.15, -0.1) is 23.4 Å². The minimum atomic E-state index is -0.00580. The SMILES string of the molecule is COC1=CCC(Cl)C(C2=CC=C3c4ncnc(N)c4SC3C2)=C1. The minimum absolute atomic E-state index is 0.00580. The Balaban J connectivity index is 1.69. The largest absolute Gasteiger partial charge is 0.497 e. The summed E-state index contributed by atoms with van der Waals surface area (Å²) in [7, 11) is 1.69. The second kappa shape index (κ2) is 5.73. The topological polar surface area (TPSA) is 61.0 Å². The van der Waals surface area contributed by atoms with Crippen molar-refractivity contribution in [3.63, 3.8) is 0 Å². The molecule has 0 spiro atoms. The van der Waals surface area contributed by atoms with Crippen molar-refractivity contribution >= 4 is 34.8 Å². The number of hydrogen-bond donors (Lipinski definition) is 1. The number of nitrogens with zero attached hydrogens (tertiary/aromatic N) is 2. The van der Waals surface area contributed by atoms with E-state index in [0.29, 0.717) is 11.1 Å². The lowest BCUT2D eigenvalue weighted by molar-refractivity contribution is 0.303. The number of ether oxygens (including phenoxy) is 1. The Labute approximate surface area is 144 Å². The van der Waals surface area contributed by atoms with Crippen LogP contribution in [0, 0.1) is 0 Å².